The maximum absolute atomic E-state index is 12.3. The number of ether oxygens (including phenoxy) is 1. The second-order valence-electron chi connectivity index (χ2n) is 7.13. The van der Waals surface area contributed by atoms with E-state index in [1.165, 1.54) is 30.5 Å². The van der Waals surface area contributed by atoms with Crippen LogP contribution in [-0.2, 0) is 14.8 Å². The van der Waals surface area contributed by atoms with E-state index in [0.717, 1.165) is 32.1 Å². The summed E-state index contributed by atoms with van der Waals surface area (Å²) in [7, 11) is -3.59. The molecule has 1 aromatic rings. The van der Waals surface area contributed by atoms with Gasteiger partial charge in [-0.3, -0.25) is 4.79 Å². The highest BCUT2D eigenvalue weighted by atomic mass is 32.2. The van der Waals surface area contributed by atoms with Crippen LogP contribution in [0.1, 0.15) is 55.3 Å². The lowest BCUT2D eigenvalue weighted by molar-refractivity contribution is 0.0954. The molecule has 1 heterocycles. The van der Waals surface area contributed by atoms with E-state index in [0.29, 0.717) is 18.7 Å². The van der Waals surface area contributed by atoms with Gasteiger partial charge in [0, 0.05) is 25.3 Å². The monoisotopic (exact) mass is 392 g/mol. The number of hydrogen-bond donors (Lipinski definition) is 2. The zero-order chi connectivity index (χ0) is 19.1. The summed E-state index contributed by atoms with van der Waals surface area (Å²) in [6.45, 7) is 1.57. The first kappa shape index (κ1) is 20.0. The Balaban J connectivity index is 1.49. The number of carbonyl (C=O) groups excluding carboxylic acids is 1. The van der Waals surface area contributed by atoms with Gasteiger partial charge in [-0.25, -0.2) is 13.1 Å². The van der Waals surface area contributed by atoms with Crippen LogP contribution in [0.4, 0.5) is 0 Å². The average molecular weight is 393 g/mol. The molecule has 1 aliphatic heterocycles. The average Bonchev–Trinajstić information content (AvgIpc) is 3.21. The zero-order valence-corrected chi connectivity index (χ0v) is 16.4. The van der Waals surface area contributed by atoms with Crippen molar-refractivity contribution in [2.45, 2.75) is 55.9 Å². The summed E-state index contributed by atoms with van der Waals surface area (Å²) < 4.78 is 32.7. The van der Waals surface area contributed by atoms with Gasteiger partial charge in [-0.05, 0) is 69.2 Å². The molecule has 6 nitrogen and oxygen atoms in total. The Morgan fingerprint density at radius 2 is 1.96 bits per heavy atom. The Kier molecular flexibility index (Phi) is 7.04. The van der Waals surface area contributed by atoms with E-state index in [2.05, 4.69) is 16.1 Å². The lowest BCUT2D eigenvalue weighted by atomic mass is 9.97. The highest BCUT2D eigenvalue weighted by molar-refractivity contribution is 7.89. The van der Waals surface area contributed by atoms with E-state index in [4.69, 9.17) is 4.74 Å². The molecule has 1 fully saturated rings. The molecule has 27 heavy (non-hydrogen) atoms. The van der Waals surface area contributed by atoms with Gasteiger partial charge in [-0.2, -0.15) is 0 Å². The predicted octanol–water partition coefficient (Wildman–Crippen LogP) is 2.76. The van der Waals surface area contributed by atoms with Crippen molar-refractivity contribution in [2.24, 2.45) is 0 Å². The van der Waals surface area contributed by atoms with Crippen molar-refractivity contribution in [3.8, 4) is 0 Å². The molecular formula is C20H28N2O4S. The molecule has 3 rings (SSSR count). The Bertz CT molecular complexity index is 766. The zero-order valence-electron chi connectivity index (χ0n) is 15.6. The summed E-state index contributed by atoms with van der Waals surface area (Å²) in [6.07, 6.45) is 9.70. The van der Waals surface area contributed by atoms with E-state index in [-0.39, 0.29) is 23.5 Å². The van der Waals surface area contributed by atoms with Crippen LogP contribution in [0.3, 0.4) is 0 Å². The lowest BCUT2D eigenvalue weighted by Gasteiger charge is -2.13. The Morgan fingerprint density at radius 1 is 1.15 bits per heavy atom. The van der Waals surface area contributed by atoms with Crippen LogP contribution in [0.5, 0.6) is 0 Å². The normalized spacial score (nSPS) is 20.3. The molecule has 1 saturated heterocycles. The number of carbonyl (C=O) groups is 1. The van der Waals surface area contributed by atoms with Gasteiger partial charge in [-0.1, -0.05) is 11.6 Å². The van der Waals surface area contributed by atoms with E-state index in [9.17, 15) is 13.2 Å². The first-order valence-corrected chi connectivity index (χ1v) is 11.2. The molecule has 0 saturated carbocycles. The fourth-order valence-corrected chi connectivity index (χ4v) is 4.51. The van der Waals surface area contributed by atoms with Gasteiger partial charge < -0.3 is 10.1 Å². The van der Waals surface area contributed by atoms with Crippen molar-refractivity contribution in [2.75, 3.05) is 19.7 Å². The van der Waals surface area contributed by atoms with Crippen molar-refractivity contribution in [3.63, 3.8) is 0 Å². The second kappa shape index (κ2) is 9.48. The molecular weight excluding hydrogens is 364 g/mol. The van der Waals surface area contributed by atoms with Gasteiger partial charge >= 0.3 is 0 Å². The Hall–Kier alpha value is -1.70. The number of allylic oxidation sites excluding steroid dienone is 1. The predicted molar refractivity (Wildman–Crippen MR) is 104 cm³/mol. The summed E-state index contributed by atoms with van der Waals surface area (Å²) in [6, 6.07) is 6.04. The van der Waals surface area contributed by atoms with Crippen molar-refractivity contribution in [1.82, 2.24) is 10.0 Å². The minimum atomic E-state index is -3.59. The van der Waals surface area contributed by atoms with Crippen molar-refractivity contribution < 1.29 is 17.9 Å². The number of benzene rings is 1. The van der Waals surface area contributed by atoms with Crippen molar-refractivity contribution >= 4 is 15.9 Å². The number of nitrogens with one attached hydrogen (secondary N) is 2. The number of rotatable bonds is 8. The molecule has 1 aliphatic carbocycles. The summed E-state index contributed by atoms with van der Waals surface area (Å²) >= 11 is 0. The van der Waals surface area contributed by atoms with Crippen LogP contribution in [0.2, 0.25) is 0 Å². The molecule has 0 unspecified atom stereocenters. The minimum absolute atomic E-state index is 0.0518. The van der Waals surface area contributed by atoms with Crippen molar-refractivity contribution in [3.05, 3.63) is 41.5 Å². The summed E-state index contributed by atoms with van der Waals surface area (Å²) in [5.74, 6) is -0.178. The van der Waals surface area contributed by atoms with E-state index in [1.54, 1.807) is 12.1 Å². The third-order valence-corrected chi connectivity index (χ3v) is 6.51. The molecule has 2 N–H and O–H groups in total. The third kappa shape index (κ3) is 5.89. The van der Waals surface area contributed by atoms with Crippen molar-refractivity contribution in [1.29, 1.82) is 0 Å². The first-order chi connectivity index (χ1) is 13.0. The Morgan fingerprint density at radius 3 is 2.63 bits per heavy atom. The second-order valence-corrected chi connectivity index (χ2v) is 8.89. The van der Waals surface area contributed by atoms with Gasteiger partial charge in [-0.15, -0.1) is 0 Å². The van der Waals surface area contributed by atoms with E-state index in [1.807, 2.05) is 0 Å². The van der Waals surface area contributed by atoms with E-state index < -0.39 is 10.0 Å². The summed E-state index contributed by atoms with van der Waals surface area (Å²) in [5, 5.41) is 2.91. The molecule has 0 spiro atoms. The molecule has 2 aliphatic rings. The minimum Gasteiger partial charge on any atom is -0.377 e. The number of amides is 1. The fourth-order valence-electron chi connectivity index (χ4n) is 3.45. The quantitative estimate of drug-likeness (QED) is 0.666. The van der Waals surface area contributed by atoms with Crippen LogP contribution in [-0.4, -0.2) is 40.1 Å². The van der Waals surface area contributed by atoms with Gasteiger partial charge in [0.05, 0.1) is 11.0 Å². The fraction of sp³-hybridized carbons (Fsp3) is 0.550. The van der Waals surface area contributed by atoms with Gasteiger partial charge in [0.25, 0.3) is 5.91 Å². The SMILES string of the molecule is O=C(NCCC1=CCCCC1)c1ccc(S(=O)(=O)NC[C@@H]2CCCO2)cc1. The summed E-state index contributed by atoms with van der Waals surface area (Å²) in [4.78, 5) is 12.4. The maximum atomic E-state index is 12.3. The van der Waals surface area contributed by atoms with E-state index >= 15 is 0 Å². The van der Waals surface area contributed by atoms with Crippen LogP contribution in [0, 0.1) is 0 Å². The molecule has 0 radical (unpaired) electrons. The number of sulfonamides is 1. The highest BCUT2D eigenvalue weighted by Gasteiger charge is 2.20. The number of hydrogen-bond acceptors (Lipinski definition) is 4. The molecule has 0 bridgehead atoms. The van der Waals surface area contributed by atoms with Crippen LogP contribution >= 0.6 is 0 Å². The lowest BCUT2D eigenvalue weighted by Crippen LogP contribution is -2.32. The van der Waals surface area contributed by atoms with Gasteiger partial charge in [0.1, 0.15) is 0 Å². The molecule has 1 atom stereocenters. The molecule has 148 valence electrons. The van der Waals surface area contributed by atoms with Gasteiger partial charge in [0.2, 0.25) is 10.0 Å². The first-order valence-electron chi connectivity index (χ1n) is 9.72. The van der Waals surface area contributed by atoms with Gasteiger partial charge in [0.15, 0.2) is 0 Å². The topological polar surface area (TPSA) is 84.5 Å². The smallest absolute Gasteiger partial charge is 0.251 e. The molecule has 1 aromatic carbocycles. The highest BCUT2D eigenvalue weighted by Crippen LogP contribution is 2.19. The molecule has 0 aromatic heterocycles. The van der Waals surface area contributed by atoms with Crippen LogP contribution < -0.4 is 10.0 Å². The van der Waals surface area contributed by atoms with Crippen LogP contribution in [0.15, 0.2) is 40.8 Å². The largest absolute Gasteiger partial charge is 0.377 e. The third-order valence-electron chi connectivity index (χ3n) is 5.07. The molecule has 1 amide bonds. The molecule has 7 heteroatoms. The van der Waals surface area contributed by atoms with Crippen LogP contribution in [0.25, 0.3) is 0 Å². The maximum Gasteiger partial charge on any atom is 0.251 e. The summed E-state index contributed by atoms with van der Waals surface area (Å²) in [5.41, 5.74) is 1.88. The Labute approximate surface area is 161 Å². The standard InChI is InChI=1S/C20H28N2O4S/c23-20(21-13-12-16-5-2-1-3-6-16)17-8-10-19(11-9-17)27(24,25)22-15-18-7-4-14-26-18/h5,8-11,18,22H,1-4,6-7,12-15H2,(H,21,23)/t18-/m0/s1.